The zero-order valence-electron chi connectivity index (χ0n) is 20.0. The van der Waals surface area contributed by atoms with Gasteiger partial charge in [-0.25, -0.2) is 4.98 Å². The van der Waals surface area contributed by atoms with E-state index in [1.165, 1.54) is 5.57 Å². The Labute approximate surface area is 185 Å². The topological polar surface area (TPSA) is 76.8 Å². The van der Waals surface area contributed by atoms with Crippen LogP contribution in [0.5, 0.6) is 0 Å². The Bertz CT molecular complexity index is 860. The average molecular weight is 432 g/mol. The lowest BCUT2D eigenvalue weighted by atomic mass is 9.78. The molecule has 3 rings (SSSR count). The number of aromatic nitrogens is 1. The number of amides is 1. The lowest BCUT2D eigenvalue weighted by molar-refractivity contribution is -0.133. The van der Waals surface area contributed by atoms with Crippen molar-refractivity contribution >= 4 is 5.91 Å². The molecule has 0 saturated carbocycles. The number of allylic oxidation sites excluding steroid dienone is 2. The molecule has 0 radical (unpaired) electrons. The van der Waals surface area contributed by atoms with E-state index in [-0.39, 0.29) is 11.3 Å². The van der Waals surface area contributed by atoms with Gasteiger partial charge in [0.25, 0.3) is 0 Å². The Morgan fingerprint density at radius 3 is 2.52 bits per heavy atom. The van der Waals surface area contributed by atoms with Crippen LogP contribution in [0.3, 0.4) is 0 Å². The fourth-order valence-electron chi connectivity index (χ4n) is 4.24. The van der Waals surface area contributed by atoms with Gasteiger partial charge in [0.1, 0.15) is 12.4 Å². The number of carbonyl (C=O) groups is 1. The van der Waals surface area contributed by atoms with E-state index in [0.717, 1.165) is 43.8 Å². The van der Waals surface area contributed by atoms with E-state index in [1.807, 2.05) is 33.9 Å². The van der Waals surface area contributed by atoms with Crippen molar-refractivity contribution in [2.45, 2.75) is 77.8 Å². The second kappa shape index (κ2) is 9.17. The second-order valence-electron chi connectivity index (χ2n) is 9.50. The highest BCUT2D eigenvalue weighted by molar-refractivity contribution is 5.86. The maximum Gasteiger partial charge on any atom is 0.246 e. The number of oxazole rings is 1. The van der Waals surface area contributed by atoms with E-state index in [9.17, 15) is 4.79 Å². The van der Waals surface area contributed by atoms with Crippen LogP contribution in [0.25, 0.3) is 0 Å². The molecular formula is C24H37N3O4. The molecule has 1 aromatic rings. The maximum atomic E-state index is 13.2. The van der Waals surface area contributed by atoms with Crippen LogP contribution < -0.4 is 5.32 Å². The molecule has 1 fully saturated rings. The van der Waals surface area contributed by atoms with Crippen molar-refractivity contribution in [3.8, 4) is 0 Å². The molecule has 3 heterocycles. The van der Waals surface area contributed by atoms with Gasteiger partial charge < -0.3 is 13.9 Å². The Morgan fingerprint density at radius 2 is 1.94 bits per heavy atom. The molecule has 1 N–H and O–H groups in total. The highest BCUT2D eigenvalue weighted by Gasteiger charge is 2.38. The summed E-state index contributed by atoms with van der Waals surface area (Å²) in [5.74, 6) is 1.84. The normalized spacial score (nSPS) is 18.8. The summed E-state index contributed by atoms with van der Waals surface area (Å²) in [5.41, 5.74) is 1.22. The largest absolute Gasteiger partial charge is 0.474 e. The first-order chi connectivity index (χ1) is 14.6. The number of aryl methyl sites for hydroxylation is 1. The van der Waals surface area contributed by atoms with Crippen LogP contribution in [-0.4, -0.2) is 54.2 Å². The van der Waals surface area contributed by atoms with Crippen LogP contribution >= 0.6 is 0 Å². The van der Waals surface area contributed by atoms with Crippen molar-refractivity contribution in [2.24, 2.45) is 0 Å². The Balaban J connectivity index is 1.80. The molecule has 0 spiro atoms. The van der Waals surface area contributed by atoms with Crippen LogP contribution in [0.15, 0.2) is 33.7 Å². The quantitative estimate of drug-likeness (QED) is 0.707. The summed E-state index contributed by atoms with van der Waals surface area (Å²) < 4.78 is 17.2. The molecule has 1 aromatic heterocycles. The van der Waals surface area contributed by atoms with Gasteiger partial charge in [-0.2, -0.15) is 0 Å². The average Bonchev–Trinajstić information content (AvgIpc) is 3.20. The number of rotatable bonds is 7. The molecule has 0 aromatic carbocycles. The number of ether oxygens (including phenoxy) is 2. The fourth-order valence-corrected chi connectivity index (χ4v) is 4.24. The van der Waals surface area contributed by atoms with Gasteiger partial charge in [-0.05, 0) is 65.2 Å². The third-order valence-electron chi connectivity index (χ3n) is 6.81. The molecule has 1 saturated heterocycles. The molecular weight excluding hydrogens is 394 g/mol. The van der Waals surface area contributed by atoms with Crippen LogP contribution in [0.2, 0.25) is 0 Å². The van der Waals surface area contributed by atoms with Crippen molar-refractivity contribution in [1.29, 1.82) is 0 Å². The molecule has 0 unspecified atom stereocenters. The number of hydrogen-bond donors (Lipinski definition) is 1. The van der Waals surface area contributed by atoms with Gasteiger partial charge in [0.15, 0.2) is 11.8 Å². The van der Waals surface area contributed by atoms with E-state index >= 15 is 0 Å². The number of nitrogens with one attached hydrogen (secondary N) is 1. The highest BCUT2D eigenvalue weighted by Crippen LogP contribution is 2.38. The first kappa shape index (κ1) is 23.5. The van der Waals surface area contributed by atoms with Gasteiger partial charge >= 0.3 is 0 Å². The lowest BCUT2D eigenvalue weighted by Gasteiger charge is -2.41. The Hall–Kier alpha value is -2.12. The van der Waals surface area contributed by atoms with Crippen LogP contribution in [0.4, 0.5) is 0 Å². The summed E-state index contributed by atoms with van der Waals surface area (Å²) in [6, 6.07) is 0.325. The molecule has 0 aliphatic carbocycles. The summed E-state index contributed by atoms with van der Waals surface area (Å²) in [5, 5.41) is 3.03. The zero-order chi connectivity index (χ0) is 22.8. The minimum absolute atomic E-state index is 0.0830. The Morgan fingerprint density at radius 1 is 1.26 bits per heavy atom. The molecule has 31 heavy (non-hydrogen) atoms. The third kappa shape index (κ3) is 4.88. The third-order valence-corrected chi connectivity index (χ3v) is 6.81. The predicted molar refractivity (Wildman–Crippen MR) is 119 cm³/mol. The first-order valence-corrected chi connectivity index (χ1v) is 11.2. The molecule has 2 aliphatic heterocycles. The summed E-state index contributed by atoms with van der Waals surface area (Å²) in [6.45, 7) is 14.0. The van der Waals surface area contributed by atoms with E-state index in [1.54, 1.807) is 6.20 Å². The fraction of sp³-hybridized carbons (Fsp3) is 0.667. The monoisotopic (exact) mass is 431 g/mol. The summed E-state index contributed by atoms with van der Waals surface area (Å²) in [7, 11) is 2.02. The summed E-state index contributed by atoms with van der Waals surface area (Å²) in [6.07, 6.45) is 6.46. The Kier molecular flexibility index (Phi) is 6.96. The number of hydrogen-bond acceptors (Lipinski definition) is 6. The zero-order valence-corrected chi connectivity index (χ0v) is 20.0. The van der Waals surface area contributed by atoms with Crippen molar-refractivity contribution < 1.29 is 18.7 Å². The molecule has 0 bridgehead atoms. The molecule has 2 aliphatic rings. The van der Waals surface area contributed by atoms with E-state index < -0.39 is 5.54 Å². The van der Waals surface area contributed by atoms with Gasteiger partial charge in [-0.3, -0.25) is 15.0 Å². The minimum atomic E-state index is -0.682. The smallest absolute Gasteiger partial charge is 0.246 e. The van der Waals surface area contributed by atoms with Crippen LogP contribution in [0.1, 0.15) is 65.5 Å². The second-order valence-corrected chi connectivity index (χ2v) is 9.50. The van der Waals surface area contributed by atoms with Crippen molar-refractivity contribution in [2.75, 3.05) is 26.9 Å². The SMILES string of the molecule is CCC1=C(C(C)(C)c2cnc(C)o2)C=C(NC(=O)C(C)(C)N(C)C2CCOCC2)OC1. The van der Waals surface area contributed by atoms with Crippen molar-refractivity contribution in [3.05, 3.63) is 41.0 Å². The summed E-state index contributed by atoms with van der Waals surface area (Å²) in [4.78, 5) is 19.7. The van der Waals surface area contributed by atoms with Gasteiger partial charge in [0, 0.05) is 37.7 Å². The molecule has 172 valence electrons. The molecule has 7 heteroatoms. The number of likely N-dealkylation sites (N-methyl/N-ethyl adjacent to an activating group) is 1. The van der Waals surface area contributed by atoms with Gasteiger partial charge in [0.2, 0.25) is 5.91 Å². The minimum Gasteiger partial charge on any atom is -0.474 e. The number of carbonyl (C=O) groups excluding carboxylic acids is 1. The van der Waals surface area contributed by atoms with E-state index in [4.69, 9.17) is 13.9 Å². The van der Waals surface area contributed by atoms with Crippen molar-refractivity contribution in [1.82, 2.24) is 15.2 Å². The lowest BCUT2D eigenvalue weighted by Crippen LogP contribution is -2.57. The van der Waals surface area contributed by atoms with Crippen molar-refractivity contribution in [3.63, 3.8) is 0 Å². The standard InChI is InChI=1S/C24H37N3O4/c1-8-17-15-30-21(13-19(17)23(3,4)20-14-25-16(2)31-20)26-22(28)24(5,6)27(7)18-9-11-29-12-10-18/h13-14,18H,8-12,15H2,1-7H3,(H,26,28). The van der Waals surface area contributed by atoms with Gasteiger partial charge in [-0.15, -0.1) is 0 Å². The summed E-state index contributed by atoms with van der Waals surface area (Å²) >= 11 is 0. The van der Waals surface area contributed by atoms with Gasteiger partial charge in [0.05, 0.1) is 11.7 Å². The highest BCUT2D eigenvalue weighted by atomic mass is 16.5. The molecule has 0 atom stereocenters. The van der Waals surface area contributed by atoms with E-state index in [2.05, 4.69) is 36.0 Å². The molecule has 1 amide bonds. The van der Waals surface area contributed by atoms with Crippen LogP contribution in [-0.2, 0) is 19.7 Å². The van der Waals surface area contributed by atoms with Crippen LogP contribution in [0, 0.1) is 6.92 Å². The molecule has 7 nitrogen and oxygen atoms in total. The van der Waals surface area contributed by atoms with E-state index in [0.29, 0.717) is 24.4 Å². The number of nitrogens with zero attached hydrogens (tertiary/aromatic N) is 2. The predicted octanol–water partition coefficient (Wildman–Crippen LogP) is 3.84. The maximum absolute atomic E-state index is 13.2. The van der Waals surface area contributed by atoms with Gasteiger partial charge in [-0.1, -0.05) is 6.92 Å². The first-order valence-electron chi connectivity index (χ1n) is 11.2.